The van der Waals surface area contributed by atoms with Gasteiger partial charge in [0.05, 0.1) is 5.69 Å². The summed E-state index contributed by atoms with van der Waals surface area (Å²) in [5.41, 5.74) is 6.58. The maximum atomic E-state index is 12.6. The summed E-state index contributed by atoms with van der Waals surface area (Å²) in [5, 5.41) is 7.22. The van der Waals surface area contributed by atoms with Crippen molar-refractivity contribution in [1.82, 2.24) is 14.9 Å². The fourth-order valence-electron chi connectivity index (χ4n) is 4.88. The van der Waals surface area contributed by atoms with Gasteiger partial charge in [-0.1, -0.05) is 59.9 Å². The van der Waals surface area contributed by atoms with Crippen molar-refractivity contribution in [2.75, 3.05) is 6.54 Å². The molecule has 6 rings (SSSR count). The Bertz CT molecular complexity index is 965. The summed E-state index contributed by atoms with van der Waals surface area (Å²) in [7, 11) is 0. The van der Waals surface area contributed by atoms with Crippen molar-refractivity contribution in [3.63, 3.8) is 0 Å². The van der Waals surface area contributed by atoms with Crippen molar-refractivity contribution in [2.45, 2.75) is 31.6 Å². The van der Waals surface area contributed by atoms with E-state index in [1.807, 2.05) is 6.92 Å². The number of aromatic nitrogens is 2. The maximum Gasteiger partial charge on any atom is 0.264 e. The summed E-state index contributed by atoms with van der Waals surface area (Å²) in [6.07, 6.45) is 1.81. The monoisotopic (exact) mass is 375 g/mol. The molecule has 1 heterocycles. The lowest BCUT2D eigenvalue weighted by Crippen LogP contribution is -2.39. The molecule has 2 aromatic carbocycles. The highest BCUT2D eigenvalue weighted by Crippen LogP contribution is 2.55. The third-order valence-electron chi connectivity index (χ3n) is 6.04. The number of nitrogens with one attached hydrogen (secondary N) is 1. The summed E-state index contributed by atoms with van der Waals surface area (Å²) in [6.45, 7) is 2.69. The Kier molecular flexibility index (Phi) is 4.05. The summed E-state index contributed by atoms with van der Waals surface area (Å²) in [4.78, 5) is 13.3. The van der Waals surface area contributed by atoms with Crippen molar-refractivity contribution >= 4 is 17.4 Å². The largest absolute Gasteiger partial charge is 0.351 e. The van der Waals surface area contributed by atoms with Crippen LogP contribution in [0.1, 0.15) is 62.8 Å². The van der Waals surface area contributed by atoms with Crippen molar-refractivity contribution in [1.29, 1.82) is 0 Å². The molecule has 0 radical (unpaired) electrons. The van der Waals surface area contributed by atoms with Gasteiger partial charge >= 0.3 is 0 Å². The Labute approximate surface area is 162 Å². The second-order valence-corrected chi connectivity index (χ2v) is 8.15. The van der Waals surface area contributed by atoms with Gasteiger partial charge in [0, 0.05) is 18.4 Å². The van der Waals surface area contributed by atoms with Gasteiger partial charge < -0.3 is 5.32 Å². The average Bonchev–Trinajstić information content (AvgIpc) is 3.21. The van der Waals surface area contributed by atoms with Crippen molar-refractivity contribution in [3.8, 4) is 0 Å². The Hall–Kier alpha value is -2.53. The van der Waals surface area contributed by atoms with Gasteiger partial charge in [0.1, 0.15) is 4.88 Å². The van der Waals surface area contributed by atoms with E-state index in [-0.39, 0.29) is 5.91 Å². The highest BCUT2D eigenvalue weighted by Gasteiger charge is 2.42. The zero-order valence-corrected chi connectivity index (χ0v) is 16.0. The van der Waals surface area contributed by atoms with Gasteiger partial charge in [0.25, 0.3) is 5.91 Å². The Morgan fingerprint density at radius 3 is 2.33 bits per heavy atom. The lowest BCUT2D eigenvalue weighted by Gasteiger charge is -2.45. The van der Waals surface area contributed by atoms with Gasteiger partial charge in [-0.05, 0) is 52.5 Å². The van der Waals surface area contributed by atoms with Crippen LogP contribution in [-0.4, -0.2) is 22.0 Å². The molecule has 3 aliphatic rings. The second kappa shape index (κ2) is 6.57. The fraction of sp³-hybridized carbons (Fsp3) is 0.318. The van der Waals surface area contributed by atoms with E-state index in [4.69, 9.17) is 0 Å². The van der Waals surface area contributed by atoms with Crippen LogP contribution in [0.2, 0.25) is 0 Å². The molecule has 0 unspecified atom stereocenters. The Balaban J connectivity index is 1.43. The van der Waals surface area contributed by atoms with Gasteiger partial charge in [0.15, 0.2) is 0 Å². The summed E-state index contributed by atoms with van der Waals surface area (Å²) < 4.78 is 3.94. The van der Waals surface area contributed by atoms with E-state index in [1.165, 1.54) is 33.8 Å². The number of rotatable bonds is 4. The number of hydrogen-bond acceptors (Lipinski definition) is 4. The van der Waals surface area contributed by atoms with Crippen LogP contribution in [0, 0.1) is 5.92 Å². The minimum Gasteiger partial charge on any atom is -0.351 e. The molecule has 27 heavy (non-hydrogen) atoms. The van der Waals surface area contributed by atoms with Crippen LogP contribution in [0.15, 0.2) is 48.5 Å². The molecule has 1 N–H and O–H groups in total. The highest BCUT2D eigenvalue weighted by atomic mass is 32.1. The van der Waals surface area contributed by atoms with Crippen molar-refractivity contribution < 1.29 is 4.79 Å². The van der Waals surface area contributed by atoms with E-state index in [0.717, 1.165) is 18.5 Å². The molecule has 1 amide bonds. The lowest BCUT2D eigenvalue weighted by molar-refractivity contribution is 0.0946. The molecule has 0 spiro atoms. The summed E-state index contributed by atoms with van der Waals surface area (Å²) in [6, 6.07) is 17.6. The first-order chi connectivity index (χ1) is 13.3. The van der Waals surface area contributed by atoms with Gasteiger partial charge in [-0.3, -0.25) is 4.79 Å². The van der Waals surface area contributed by atoms with Crippen LogP contribution in [-0.2, 0) is 6.42 Å². The first kappa shape index (κ1) is 16.6. The molecule has 5 heteroatoms. The maximum absolute atomic E-state index is 12.6. The van der Waals surface area contributed by atoms with Crippen molar-refractivity contribution in [3.05, 3.63) is 81.4 Å². The summed E-state index contributed by atoms with van der Waals surface area (Å²) >= 11 is 1.19. The Morgan fingerprint density at radius 2 is 1.70 bits per heavy atom. The number of carbonyl (C=O) groups excluding carboxylic acids is 1. The first-order valence-corrected chi connectivity index (χ1v) is 10.3. The molecule has 1 aromatic heterocycles. The molecule has 1 atom stereocenters. The van der Waals surface area contributed by atoms with Gasteiger partial charge in [-0.25, -0.2) is 0 Å². The summed E-state index contributed by atoms with van der Waals surface area (Å²) in [5.74, 6) is 1.16. The smallest absolute Gasteiger partial charge is 0.264 e. The topological polar surface area (TPSA) is 54.9 Å². The van der Waals surface area contributed by atoms with Gasteiger partial charge in [-0.2, -0.15) is 0 Å². The van der Waals surface area contributed by atoms with Crippen LogP contribution in [0.5, 0.6) is 0 Å². The molecule has 3 aliphatic carbocycles. The third-order valence-corrected chi connectivity index (χ3v) is 6.81. The molecular formula is C22H21N3OS. The number of nitrogens with zero attached hydrogens (tertiary/aromatic N) is 2. The van der Waals surface area contributed by atoms with Gasteiger partial charge in [0.2, 0.25) is 0 Å². The second-order valence-electron chi connectivity index (χ2n) is 7.40. The molecule has 0 saturated heterocycles. The van der Waals surface area contributed by atoms with E-state index in [2.05, 4.69) is 63.4 Å². The van der Waals surface area contributed by atoms with Crippen LogP contribution in [0.3, 0.4) is 0 Å². The fourth-order valence-corrected chi connectivity index (χ4v) is 5.54. The standard InChI is InChI=1S/C22H21N3OS/c1-2-19-21(27-25-24-19)22(26)23-12-13-11-18-14-7-3-5-9-16(14)20(13)17-10-6-4-8-15(17)18/h3-10,13,18,20H,2,11-12H2,1H3,(H,23,26)/t13-,18?,20?/m1/s1. The average molecular weight is 375 g/mol. The molecule has 0 saturated carbocycles. The predicted molar refractivity (Wildman–Crippen MR) is 106 cm³/mol. The molecular weight excluding hydrogens is 354 g/mol. The van der Waals surface area contributed by atoms with E-state index < -0.39 is 0 Å². The predicted octanol–water partition coefficient (Wildman–Crippen LogP) is 4.13. The van der Waals surface area contributed by atoms with Crippen molar-refractivity contribution in [2.24, 2.45) is 5.92 Å². The molecule has 2 bridgehead atoms. The molecule has 0 aliphatic heterocycles. The normalized spacial score (nSPS) is 22.2. The van der Waals surface area contributed by atoms with Gasteiger partial charge in [-0.15, -0.1) is 5.10 Å². The van der Waals surface area contributed by atoms with Crippen LogP contribution < -0.4 is 5.32 Å². The van der Waals surface area contributed by atoms with Crippen LogP contribution in [0.25, 0.3) is 0 Å². The SMILES string of the molecule is CCc1nnsc1C(=O)NC[C@H]1CC2c3ccccc3C1c1ccccc12. The number of benzene rings is 2. The van der Waals surface area contributed by atoms with E-state index in [9.17, 15) is 4.79 Å². The van der Waals surface area contributed by atoms with E-state index in [1.54, 1.807) is 0 Å². The number of amides is 1. The molecule has 0 fully saturated rings. The zero-order valence-electron chi connectivity index (χ0n) is 15.2. The highest BCUT2D eigenvalue weighted by molar-refractivity contribution is 7.08. The first-order valence-electron chi connectivity index (χ1n) is 9.55. The zero-order chi connectivity index (χ0) is 18.4. The number of aryl methyl sites for hydroxylation is 1. The minimum atomic E-state index is -0.0372. The van der Waals surface area contributed by atoms with Crippen LogP contribution in [0.4, 0.5) is 0 Å². The third kappa shape index (κ3) is 2.60. The number of hydrogen-bond donors (Lipinski definition) is 1. The molecule has 3 aromatic rings. The molecule has 4 nitrogen and oxygen atoms in total. The van der Waals surface area contributed by atoms with Crippen LogP contribution >= 0.6 is 11.5 Å². The quantitative estimate of drug-likeness (QED) is 0.746. The number of carbonyl (C=O) groups is 1. The molecule has 136 valence electrons. The minimum absolute atomic E-state index is 0.0372. The lowest BCUT2D eigenvalue weighted by atomic mass is 9.59. The van der Waals surface area contributed by atoms with E-state index in [0.29, 0.717) is 29.2 Å². The van der Waals surface area contributed by atoms with E-state index >= 15 is 0 Å². The number of fused-ring (bicyclic) bond motifs is 1. The Morgan fingerprint density at radius 1 is 1.07 bits per heavy atom.